The van der Waals surface area contributed by atoms with Gasteiger partial charge in [-0.05, 0) is 41.5 Å². The Hall–Kier alpha value is -3.72. The summed E-state index contributed by atoms with van der Waals surface area (Å²) in [6.45, 7) is 0.0631. The van der Waals surface area contributed by atoms with Crippen LogP contribution in [-0.2, 0) is 27.1 Å². The zero-order chi connectivity index (χ0) is 22.3. The topological polar surface area (TPSA) is 114 Å². The molecule has 0 fully saturated rings. The number of carbonyl (C=O) groups is 2. The lowest BCUT2D eigenvalue weighted by Crippen LogP contribution is -2.24. The summed E-state index contributed by atoms with van der Waals surface area (Å²) in [5.41, 5.74) is 1.74. The number of nitrogens with zero attached hydrogens (tertiary/aromatic N) is 1. The van der Waals surface area contributed by atoms with E-state index in [0.717, 1.165) is 0 Å². The fourth-order valence-electron chi connectivity index (χ4n) is 2.87. The van der Waals surface area contributed by atoms with Crippen molar-refractivity contribution in [2.75, 3.05) is 11.8 Å². The first-order valence-corrected chi connectivity index (χ1v) is 11.0. The lowest BCUT2D eigenvalue weighted by Gasteiger charge is -2.12. The van der Waals surface area contributed by atoms with E-state index in [4.69, 9.17) is 4.74 Å². The molecule has 0 aliphatic carbocycles. The molecule has 0 saturated heterocycles. The summed E-state index contributed by atoms with van der Waals surface area (Å²) in [4.78, 5) is 28.2. The molecular formula is C22H21N3O5S. The van der Waals surface area contributed by atoms with Gasteiger partial charge in [0.15, 0.2) is 0 Å². The average Bonchev–Trinajstić information content (AvgIpc) is 2.77. The lowest BCUT2D eigenvalue weighted by molar-refractivity contribution is 0.0600. The molecule has 31 heavy (non-hydrogen) atoms. The predicted octanol–water partition coefficient (Wildman–Crippen LogP) is 2.74. The number of methoxy groups -OCH3 is 1. The summed E-state index contributed by atoms with van der Waals surface area (Å²) in [5.74, 6) is -1.24. The molecule has 0 bridgehead atoms. The van der Waals surface area contributed by atoms with Crippen molar-refractivity contribution in [3.05, 3.63) is 95.3 Å². The minimum atomic E-state index is -3.73. The highest BCUT2D eigenvalue weighted by Gasteiger charge is 2.16. The molecule has 0 unspecified atom stereocenters. The van der Waals surface area contributed by atoms with Gasteiger partial charge in [-0.15, -0.1) is 0 Å². The number of nitrogens with one attached hydrogen (secondary N) is 2. The van der Waals surface area contributed by atoms with E-state index < -0.39 is 21.9 Å². The van der Waals surface area contributed by atoms with Crippen LogP contribution in [0, 0.1) is 0 Å². The molecule has 3 rings (SSSR count). The molecule has 0 radical (unpaired) electrons. The molecule has 1 aromatic heterocycles. The Balaban J connectivity index is 1.79. The minimum absolute atomic E-state index is 0.0631. The zero-order valence-corrected chi connectivity index (χ0v) is 17.6. The second-order valence-corrected chi connectivity index (χ2v) is 8.38. The number of hydrogen-bond acceptors (Lipinski definition) is 6. The highest BCUT2D eigenvalue weighted by Crippen LogP contribution is 2.19. The number of benzene rings is 2. The Morgan fingerprint density at radius 3 is 2.39 bits per heavy atom. The van der Waals surface area contributed by atoms with Crippen molar-refractivity contribution >= 4 is 27.6 Å². The Morgan fingerprint density at radius 1 is 0.968 bits per heavy atom. The first-order valence-electron chi connectivity index (χ1n) is 9.32. The lowest BCUT2D eigenvalue weighted by atomic mass is 10.1. The molecule has 1 heterocycles. The highest BCUT2D eigenvalue weighted by atomic mass is 32.2. The molecule has 160 valence electrons. The van der Waals surface area contributed by atoms with E-state index >= 15 is 0 Å². The van der Waals surface area contributed by atoms with Crippen LogP contribution >= 0.6 is 0 Å². The van der Waals surface area contributed by atoms with Crippen molar-refractivity contribution in [1.29, 1.82) is 0 Å². The van der Waals surface area contributed by atoms with E-state index in [-0.39, 0.29) is 29.2 Å². The maximum Gasteiger partial charge on any atom is 0.337 e. The first kappa shape index (κ1) is 22.0. The summed E-state index contributed by atoms with van der Waals surface area (Å²) in [6, 6.07) is 18.2. The standard InChI is InChI=1S/C22H21N3O5S/c1-30-22(27)18-11-17(14-24-21(26)20-9-5-6-10-23-20)12-19(13-18)25-31(28,29)15-16-7-3-2-4-8-16/h2-13,25H,14-15H2,1H3,(H,24,26). The van der Waals surface area contributed by atoms with E-state index in [1.54, 1.807) is 54.6 Å². The third-order valence-electron chi connectivity index (χ3n) is 4.24. The molecule has 0 aliphatic rings. The van der Waals surface area contributed by atoms with Crippen LogP contribution in [-0.4, -0.2) is 32.4 Å². The summed E-state index contributed by atoms with van der Waals surface area (Å²) in [7, 11) is -2.49. The maximum atomic E-state index is 12.6. The van der Waals surface area contributed by atoms with Crippen LogP contribution in [0.15, 0.2) is 72.9 Å². The van der Waals surface area contributed by atoms with Crippen molar-refractivity contribution in [3.8, 4) is 0 Å². The number of amides is 1. The smallest absolute Gasteiger partial charge is 0.337 e. The molecule has 9 heteroatoms. The van der Waals surface area contributed by atoms with E-state index in [1.807, 2.05) is 0 Å². The number of anilines is 1. The van der Waals surface area contributed by atoms with E-state index in [2.05, 4.69) is 15.0 Å². The second-order valence-electron chi connectivity index (χ2n) is 6.65. The van der Waals surface area contributed by atoms with Gasteiger partial charge in [0.1, 0.15) is 5.69 Å². The number of sulfonamides is 1. The predicted molar refractivity (Wildman–Crippen MR) is 116 cm³/mol. The first-order chi connectivity index (χ1) is 14.9. The van der Waals surface area contributed by atoms with Crippen LogP contribution in [0.1, 0.15) is 32.0 Å². The van der Waals surface area contributed by atoms with Gasteiger partial charge in [-0.2, -0.15) is 0 Å². The van der Waals surface area contributed by atoms with Gasteiger partial charge in [0.25, 0.3) is 5.91 Å². The van der Waals surface area contributed by atoms with Gasteiger partial charge in [0, 0.05) is 18.4 Å². The van der Waals surface area contributed by atoms with Gasteiger partial charge in [0.05, 0.1) is 18.4 Å². The van der Waals surface area contributed by atoms with Crippen LogP contribution in [0.2, 0.25) is 0 Å². The summed E-state index contributed by atoms with van der Waals surface area (Å²) >= 11 is 0. The number of hydrogen-bond donors (Lipinski definition) is 2. The third-order valence-corrected chi connectivity index (χ3v) is 5.50. The van der Waals surface area contributed by atoms with Crippen molar-refractivity contribution in [1.82, 2.24) is 10.3 Å². The molecule has 0 aliphatic heterocycles. The summed E-state index contributed by atoms with van der Waals surface area (Å²) < 4.78 is 32.4. The highest BCUT2D eigenvalue weighted by molar-refractivity contribution is 7.91. The van der Waals surface area contributed by atoms with Crippen LogP contribution in [0.25, 0.3) is 0 Å². The second kappa shape index (κ2) is 9.86. The monoisotopic (exact) mass is 439 g/mol. The third kappa shape index (κ3) is 6.38. The Bertz CT molecular complexity index is 1170. The van der Waals surface area contributed by atoms with Gasteiger partial charge in [-0.1, -0.05) is 36.4 Å². The summed E-state index contributed by atoms with van der Waals surface area (Å²) in [5, 5.41) is 2.70. The molecular weight excluding hydrogens is 418 g/mol. The Labute approximate surface area is 180 Å². The molecule has 0 spiro atoms. The molecule has 1 amide bonds. The number of aromatic nitrogens is 1. The van der Waals surface area contributed by atoms with E-state index in [0.29, 0.717) is 11.1 Å². The number of rotatable bonds is 8. The van der Waals surface area contributed by atoms with Gasteiger partial charge in [0.2, 0.25) is 10.0 Å². The van der Waals surface area contributed by atoms with Crippen molar-refractivity contribution in [2.45, 2.75) is 12.3 Å². The SMILES string of the molecule is COC(=O)c1cc(CNC(=O)c2ccccn2)cc(NS(=O)(=O)Cc2ccccc2)c1. The number of carbonyl (C=O) groups excluding carboxylic acids is 2. The zero-order valence-electron chi connectivity index (χ0n) is 16.7. The normalized spacial score (nSPS) is 10.9. The average molecular weight is 439 g/mol. The quantitative estimate of drug-likeness (QED) is 0.522. The van der Waals surface area contributed by atoms with Crippen LogP contribution in [0.3, 0.4) is 0 Å². The minimum Gasteiger partial charge on any atom is -0.465 e. The molecule has 2 N–H and O–H groups in total. The van der Waals surface area contributed by atoms with Crippen molar-refractivity contribution in [3.63, 3.8) is 0 Å². The molecule has 3 aromatic rings. The molecule has 2 aromatic carbocycles. The number of pyridine rings is 1. The van der Waals surface area contributed by atoms with Gasteiger partial charge < -0.3 is 10.1 Å². The van der Waals surface area contributed by atoms with Crippen LogP contribution in [0.4, 0.5) is 5.69 Å². The van der Waals surface area contributed by atoms with Crippen LogP contribution in [0.5, 0.6) is 0 Å². The Morgan fingerprint density at radius 2 is 1.71 bits per heavy atom. The maximum absolute atomic E-state index is 12.6. The Kier molecular flexibility index (Phi) is 6.99. The fourth-order valence-corrected chi connectivity index (χ4v) is 4.05. The molecule has 0 atom stereocenters. The number of ether oxygens (including phenoxy) is 1. The van der Waals surface area contributed by atoms with Crippen LogP contribution < -0.4 is 10.0 Å². The van der Waals surface area contributed by atoms with Crippen molar-refractivity contribution < 1.29 is 22.7 Å². The van der Waals surface area contributed by atoms with Gasteiger partial charge in [-0.3, -0.25) is 14.5 Å². The molecule has 0 saturated carbocycles. The fraction of sp³-hybridized carbons (Fsp3) is 0.136. The van der Waals surface area contributed by atoms with E-state index in [9.17, 15) is 18.0 Å². The summed E-state index contributed by atoms with van der Waals surface area (Å²) in [6.07, 6.45) is 1.51. The van der Waals surface area contributed by atoms with Crippen molar-refractivity contribution in [2.24, 2.45) is 0 Å². The largest absolute Gasteiger partial charge is 0.465 e. The molecule has 8 nitrogen and oxygen atoms in total. The number of esters is 1. The van der Waals surface area contributed by atoms with E-state index in [1.165, 1.54) is 25.4 Å². The van der Waals surface area contributed by atoms with Gasteiger partial charge in [-0.25, -0.2) is 13.2 Å². The van der Waals surface area contributed by atoms with Gasteiger partial charge >= 0.3 is 5.97 Å².